The highest BCUT2D eigenvalue weighted by atomic mass is 19.1. The molecule has 1 heterocycles. The first-order valence-electron chi connectivity index (χ1n) is 8.22. The SMILES string of the molecule is CCCn1cc(-c2cc(F)c(/C=C/OC)c(OC)c2)c(C)c(C)c1=O. The van der Waals surface area contributed by atoms with Crippen molar-refractivity contribution in [3.05, 3.63) is 57.5 Å². The summed E-state index contributed by atoms with van der Waals surface area (Å²) in [5.41, 5.74) is 3.34. The minimum Gasteiger partial charge on any atom is -0.504 e. The number of halogens is 1. The van der Waals surface area contributed by atoms with Crippen LogP contribution in [0.1, 0.15) is 30.0 Å². The maximum atomic E-state index is 14.6. The zero-order chi connectivity index (χ0) is 18.6. The molecular weight excluding hydrogens is 321 g/mol. The fraction of sp³-hybridized carbons (Fsp3) is 0.350. The lowest BCUT2D eigenvalue weighted by Gasteiger charge is -2.15. The highest BCUT2D eigenvalue weighted by molar-refractivity contribution is 5.72. The molecule has 0 aliphatic carbocycles. The maximum Gasteiger partial charge on any atom is 0.253 e. The van der Waals surface area contributed by atoms with E-state index in [1.165, 1.54) is 32.6 Å². The largest absolute Gasteiger partial charge is 0.504 e. The van der Waals surface area contributed by atoms with Gasteiger partial charge in [0.1, 0.15) is 11.6 Å². The number of methoxy groups -OCH3 is 2. The summed E-state index contributed by atoms with van der Waals surface area (Å²) in [6.45, 7) is 6.32. The third-order valence-electron chi connectivity index (χ3n) is 4.29. The number of hydrogen-bond donors (Lipinski definition) is 0. The zero-order valence-corrected chi connectivity index (χ0v) is 15.4. The Balaban J connectivity index is 2.68. The second-order valence-electron chi connectivity index (χ2n) is 5.90. The van der Waals surface area contributed by atoms with Crippen molar-refractivity contribution < 1.29 is 13.9 Å². The summed E-state index contributed by atoms with van der Waals surface area (Å²) in [5, 5.41) is 0. The maximum absolute atomic E-state index is 14.6. The van der Waals surface area contributed by atoms with Crippen LogP contribution >= 0.6 is 0 Å². The first-order valence-corrected chi connectivity index (χ1v) is 8.22. The van der Waals surface area contributed by atoms with E-state index in [1.807, 2.05) is 13.8 Å². The molecule has 0 amide bonds. The summed E-state index contributed by atoms with van der Waals surface area (Å²) in [5.74, 6) is 0.00143. The molecule has 0 bridgehead atoms. The van der Waals surface area contributed by atoms with Gasteiger partial charge < -0.3 is 14.0 Å². The molecule has 1 aromatic heterocycles. The molecule has 25 heavy (non-hydrogen) atoms. The van der Waals surface area contributed by atoms with Crippen LogP contribution < -0.4 is 10.3 Å². The van der Waals surface area contributed by atoms with Gasteiger partial charge in [-0.25, -0.2) is 4.39 Å². The Morgan fingerprint density at radius 1 is 1.20 bits per heavy atom. The summed E-state index contributed by atoms with van der Waals surface area (Å²) < 4.78 is 26.5. The van der Waals surface area contributed by atoms with E-state index in [-0.39, 0.29) is 5.56 Å². The summed E-state index contributed by atoms with van der Waals surface area (Å²) >= 11 is 0. The Kier molecular flexibility index (Phi) is 6.02. The van der Waals surface area contributed by atoms with Crippen LogP contribution in [0.5, 0.6) is 5.75 Å². The molecule has 0 unspecified atom stereocenters. The average Bonchev–Trinajstić information content (AvgIpc) is 2.60. The monoisotopic (exact) mass is 345 g/mol. The predicted molar refractivity (Wildman–Crippen MR) is 98.5 cm³/mol. The van der Waals surface area contributed by atoms with Gasteiger partial charge in [0.15, 0.2) is 0 Å². The number of aryl methyl sites for hydroxylation is 1. The number of rotatable bonds is 6. The van der Waals surface area contributed by atoms with E-state index in [4.69, 9.17) is 9.47 Å². The van der Waals surface area contributed by atoms with Crippen molar-refractivity contribution in [2.75, 3.05) is 14.2 Å². The van der Waals surface area contributed by atoms with E-state index >= 15 is 0 Å². The van der Waals surface area contributed by atoms with Crippen molar-refractivity contribution in [1.29, 1.82) is 0 Å². The van der Waals surface area contributed by atoms with Crippen molar-refractivity contribution in [1.82, 2.24) is 4.57 Å². The standard InChI is InChI=1S/C20H24FNO3/c1-6-8-22-12-17(13(2)14(3)20(22)23)15-10-18(21)16(7-9-24-4)19(11-15)25-5/h7,9-12H,6,8H2,1-5H3/b9-7+. The second-order valence-corrected chi connectivity index (χ2v) is 5.90. The fourth-order valence-electron chi connectivity index (χ4n) is 2.80. The topological polar surface area (TPSA) is 40.5 Å². The van der Waals surface area contributed by atoms with Gasteiger partial charge in [-0.2, -0.15) is 0 Å². The van der Waals surface area contributed by atoms with Gasteiger partial charge in [-0.15, -0.1) is 0 Å². The molecule has 0 aliphatic rings. The molecule has 134 valence electrons. The third kappa shape index (κ3) is 3.76. The third-order valence-corrected chi connectivity index (χ3v) is 4.29. The highest BCUT2D eigenvalue weighted by Gasteiger charge is 2.15. The molecule has 1 aromatic carbocycles. The molecule has 0 atom stereocenters. The molecule has 5 heteroatoms. The number of nitrogens with zero attached hydrogens (tertiary/aromatic N) is 1. The number of ether oxygens (including phenoxy) is 2. The van der Waals surface area contributed by atoms with Gasteiger partial charge in [0.05, 0.1) is 26.0 Å². The van der Waals surface area contributed by atoms with Gasteiger partial charge in [0, 0.05) is 23.9 Å². The van der Waals surface area contributed by atoms with E-state index in [0.717, 1.165) is 17.5 Å². The summed E-state index contributed by atoms with van der Waals surface area (Å²) in [6, 6.07) is 3.24. The number of aromatic nitrogens is 1. The molecular formula is C20H24FNO3. The van der Waals surface area contributed by atoms with Crippen molar-refractivity contribution >= 4 is 6.08 Å². The molecule has 0 saturated carbocycles. The van der Waals surface area contributed by atoms with Gasteiger partial charge >= 0.3 is 0 Å². The Morgan fingerprint density at radius 2 is 1.92 bits per heavy atom. The van der Waals surface area contributed by atoms with Crippen molar-refractivity contribution in [3.63, 3.8) is 0 Å². The minimum absolute atomic E-state index is 0.00446. The number of pyridine rings is 1. The average molecular weight is 345 g/mol. The summed E-state index contributed by atoms with van der Waals surface area (Å²) in [4.78, 5) is 12.4. The molecule has 2 aromatic rings. The van der Waals surface area contributed by atoms with Crippen LogP contribution in [0.2, 0.25) is 0 Å². The first-order chi connectivity index (χ1) is 11.9. The molecule has 0 spiro atoms. The van der Waals surface area contributed by atoms with Gasteiger partial charge in [-0.1, -0.05) is 6.92 Å². The second kappa shape index (κ2) is 8.01. The fourth-order valence-corrected chi connectivity index (χ4v) is 2.80. The van der Waals surface area contributed by atoms with Gasteiger partial charge in [0.2, 0.25) is 0 Å². The van der Waals surface area contributed by atoms with Crippen LogP contribution in [-0.4, -0.2) is 18.8 Å². The van der Waals surface area contributed by atoms with Crippen molar-refractivity contribution in [3.8, 4) is 16.9 Å². The van der Waals surface area contributed by atoms with Crippen LogP contribution in [0.4, 0.5) is 4.39 Å². The Hall–Kier alpha value is -2.56. The summed E-state index contributed by atoms with van der Waals surface area (Å²) in [7, 11) is 3.00. The molecule has 0 radical (unpaired) electrons. The van der Waals surface area contributed by atoms with Crippen LogP contribution in [0.15, 0.2) is 29.4 Å². The minimum atomic E-state index is -0.409. The van der Waals surface area contributed by atoms with Crippen LogP contribution in [0.25, 0.3) is 17.2 Å². The first kappa shape index (κ1) is 18.8. The number of hydrogen-bond acceptors (Lipinski definition) is 3. The van der Waals surface area contributed by atoms with Crippen molar-refractivity contribution in [2.24, 2.45) is 0 Å². The van der Waals surface area contributed by atoms with Gasteiger partial charge in [-0.3, -0.25) is 4.79 Å². The Bertz CT molecular complexity index is 853. The lowest BCUT2D eigenvalue weighted by atomic mass is 9.97. The smallest absolute Gasteiger partial charge is 0.253 e. The van der Waals surface area contributed by atoms with E-state index in [0.29, 0.717) is 29.0 Å². The number of benzene rings is 1. The normalized spacial score (nSPS) is 11.1. The predicted octanol–water partition coefficient (Wildman–Crippen LogP) is 4.31. The summed E-state index contributed by atoms with van der Waals surface area (Å²) in [6.07, 6.45) is 5.57. The Morgan fingerprint density at radius 3 is 2.52 bits per heavy atom. The molecule has 0 aliphatic heterocycles. The lowest BCUT2D eigenvalue weighted by molar-refractivity contribution is 0.341. The van der Waals surface area contributed by atoms with E-state index in [1.54, 1.807) is 23.8 Å². The lowest BCUT2D eigenvalue weighted by Crippen LogP contribution is -2.23. The van der Waals surface area contributed by atoms with Crippen LogP contribution in [-0.2, 0) is 11.3 Å². The molecule has 4 nitrogen and oxygen atoms in total. The molecule has 2 rings (SSSR count). The van der Waals surface area contributed by atoms with E-state index < -0.39 is 5.82 Å². The van der Waals surface area contributed by atoms with Gasteiger partial charge in [-0.05, 0) is 49.6 Å². The zero-order valence-electron chi connectivity index (χ0n) is 15.4. The van der Waals surface area contributed by atoms with Crippen LogP contribution in [0.3, 0.4) is 0 Å². The molecule has 0 N–H and O–H groups in total. The van der Waals surface area contributed by atoms with E-state index in [9.17, 15) is 9.18 Å². The molecule has 0 saturated heterocycles. The van der Waals surface area contributed by atoms with Gasteiger partial charge in [0.25, 0.3) is 5.56 Å². The highest BCUT2D eigenvalue weighted by Crippen LogP contribution is 2.32. The Labute approximate surface area is 147 Å². The van der Waals surface area contributed by atoms with E-state index in [2.05, 4.69) is 0 Å². The quantitative estimate of drug-likeness (QED) is 0.733. The van der Waals surface area contributed by atoms with Crippen molar-refractivity contribution in [2.45, 2.75) is 33.7 Å². The molecule has 0 fully saturated rings. The van der Waals surface area contributed by atoms with Crippen LogP contribution in [0, 0.1) is 19.7 Å².